The van der Waals surface area contributed by atoms with E-state index in [0.29, 0.717) is 19.4 Å². The van der Waals surface area contributed by atoms with E-state index in [1.54, 1.807) is 0 Å². The van der Waals surface area contributed by atoms with Gasteiger partial charge in [-0.15, -0.1) is 0 Å². The van der Waals surface area contributed by atoms with E-state index in [1.807, 2.05) is 0 Å². The van der Waals surface area contributed by atoms with Crippen LogP contribution in [0.2, 0.25) is 0 Å². The Balaban J connectivity index is 0.00000289. The summed E-state index contributed by atoms with van der Waals surface area (Å²) < 4.78 is 22.2. The van der Waals surface area contributed by atoms with Crippen LogP contribution < -0.4 is 5.32 Å². The Morgan fingerprint density at radius 1 is 1.11 bits per heavy atom. The number of rotatable bonds is 4. The first kappa shape index (κ1) is 19.2. The number of nitrogens with one attached hydrogen (secondary N) is 1. The summed E-state index contributed by atoms with van der Waals surface area (Å²) in [7, 11) is -9.72. The summed E-state index contributed by atoms with van der Waals surface area (Å²) in [5.41, 5.74) is -1.73. The van der Waals surface area contributed by atoms with Crippen LogP contribution in [-0.4, -0.2) is 78.8 Å². The molecule has 1 heterocycles. The fraction of sp³-hybridized carbons (Fsp3) is 1.00. The summed E-state index contributed by atoms with van der Waals surface area (Å²) in [6.45, 7) is 0.920. The molecule has 8 nitrogen and oxygen atoms in total. The minimum absolute atomic E-state index is 0. The van der Waals surface area contributed by atoms with Gasteiger partial charge in [0, 0.05) is 0 Å². The van der Waals surface area contributed by atoms with Crippen LogP contribution in [-0.2, 0) is 9.13 Å². The van der Waals surface area contributed by atoms with Gasteiger partial charge in [0.15, 0.2) is 5.85 Å². The van der Waals surface area contributed by atoms with Gasteiger partial charge in [-0.2, -0.15) is 0 Å². The van der Waals surface area contributed by atoms with E-state index in [-0.39, 0.29) is 36.1 Å². The topological polar surface area (TPSA) is 147 Å². The van der Waals surface area contributed by atoms with E-state index in [9.17, 15) is 14.2 Å². The van der Waals surface area contributed by atoms with Crippen molar-refractivity contribution in [1.82, 2.24) is 5.32 Å². The predicted molar refractivity (Wildman–Crippen MR) is 66.6 cm³/mol. The van der Waals surface area contributed by atoms with Gasteiger partial charge in [0.2, 0.25) is 0 Å². The number of hydrogen-bond acceptors (Lipinski definition) is 4. The zero-order valence-electron chi connectivity index (χ0n) is 9.01. The normalized spacial score (nSPS) is 25.1. The van der Waals surface area contributed by atoms with Gasteiger partial charge >= 0.3 is 44.7 Å². The van der Waals surface area contributed by atoms with Gasteiger partial charge < -0.3 is 30.0 Å². The SMILES string of the molecule is O=P(O)(O)C(O)C(C1CCCNC1)P(=O)(O)O.[NaH]. The molecule has 3 unspecified atom stereocenters. The average Bonchev–Trinajstić information content (AvgIpc) is 2.15. The van der Waals surface area contributed by atoms with Gasteiger partial charge in [-0.05, 0) is 31.8 Å². The van der Waals surface area contributed by atoms with Crippen molar-refractivity contribution in [2.24, 2.45) is 5.92 Å². The molecule has 0 amide bonds. The first-order valence-electron chi connectivity index (χ1n) is 5.13. The quantitative estimate of drug-likeness (QED) is 0.268. The third-order valence-electron chi connectivity index (χ3n) is 2.86. The van der Waals surface area contributed by atoms with E-state index >= 15 is 0 Å². The standard InChI is InChI=1S/C7H17NO7P2.Na.H/c9-7(17(13,14)15)6(16(10,11)12)5-2-1-3-8-4-5;;/h5-9H,1-4H2,(H2,10,11,12)(H2,13,14,15);;. The molecule has 0 aromatic heterocycles. The molecule has 6 N–H and O–H groups in total. The van der Waals surface area contributed by atoms with Crippen molar-refractivity contribution in [3.8, 4) is 0 Å². The van der Waals surface area contributed by atoms with Crippen molar-refractivity contribution < 1.29 is 33.8 Å². The maximum absolute atomic E-state index is 11.3. The van der Waals surface area contributed by atoms with E-state index in [1.165, 1.54) is 0 Å². The first-order chi connectivity index (χ1) is 7.64. The van der Waals surface area contributed by atoms with Crippen LogP contribution >= 0.6 is 15.2 Å². The molecule has 1 fully saturated rings. The second-order valence-electron chi connectivity index (χ2n) is 4.19. The van der Waals surface area contributed by atoms with E-state index in [4.69, 9.17) is 19.6 Å². The number of aliphatic hydroxyl groups is 1. The summed E-state index contributed by atoms with van der Waals surface area (Å²) in [6, 6.07) is 0. The van der Waals surface area contributed by atoms with Crippen LogP contribution in [0.4, 0.5) is 0 Å². The Morgan fingerprint density at radius 3 is 2.00 bits per heavy atom. The van der Waals surface area contributed by atoms with Crippen molar-refractivity contribution in [2.45, 2.75) is 24.3 Å². The van der Waals surface area contributed by atoms with Crippen molar-refractivity contribution in [3.05, 3.63) is 0 Å². The number of piperidine rings is 1. The van der Waals surface area contributed by atoms with Gasteiger partial charge in [0.25, 0.3) is 0 Å². The molecule has 104 valence electrons. The van der Waals surface area contributed by atoms with Gasteiger partial charge in [-0.25, -0.2) is 0 Å². The second kappa shape index (κ2) is 7.29. The Kier molecular flexibility index (Phi) is 7.79. The zero-order valence-corrected chi connectivity index (χ0v) is 10.8. The molecule has 0 spiro atoms. The fourth-order valence-corrected chi connectivity index (χ4v) is 4.90. The molecule has 0 aromatic carbocycles. The van der Waals surface area contributed by atoms with Gasteiger partial charge in [0.1, 0.15) is 5.66 Å². The summed E-state index contributed by atoms with van der Waals surface area (Å²) in [5, 5.41) is 12.3. The summed E-state index contributed by atoms with van der Waals surface area (Å²) in [4.78, 5) is 36.0. The molecule has 0 bridgehead atoms. The molecule has 0 aliphatic carbocycles. The Bertz CT molecular complexity index is 350. The van der Waals surface area contributed by atoms with Crippen molar-refractivity contribution >= 4 is 44.7 Å². The van der Waals surface area contributed by atoms with Crippen LogP contribution in [0, 0.1) is 5.92 Å². The molecular formula is C7H18NNaO7P2. The van der Waals surface area contributed by atoms with Crippen molar-refractivity contribution in [2.75, 3.05) is 13.1 Å². The molecule has 11 heteroatoms. The first-order valence-corrected chi connectivity index (χ1v) is 8.49. The van der Waals surface area contributed by atoms with Crippen LogP contribution in [0.5, 0.6) is 0 Å². The third kappa shape index (κ3) is 5.31. The monoisotopic (exact) mass is 313 g/mol. The van der Waals surface area contributed by atoms with E-state index < -0.39 is 32.6 Å². The predicted octanol–water partition coefficient (Wildman–Crippen LogP) is -1.62. The third-order valence-corrected chi connectivity index (χ3v) is 5.58. The summed E-state index contributed by atoms with van der Waals surface area (Å²) >= 11 is 0. The maximum atomic E-state index is 11.3. The van der Waals surface area contributed by atoms with E-state index in [2.05, 4.69) is 5.32 Å². The molecule has 1 saturated heterocycles. The van der Waals surface area contributed by atoms with Crippen LogP contribution in [0.15, 0.2) is 0 Å². The van der Waals surface area contributed by atoms with Crippen LogP contribution in [0.25, 0.3) is 0 Å². The molecule has 1 aliphatic rings. The van der Waals surface area contributed by atoms with Crippen LogP contribution in [0.3, 0.4) is 0 Å². The van der Waals surface area contributed by atoms with Crippen LogP contribution in [0.1, 0.15) is 12.8 Å². The van der Waals surface area contributed by atoms with Gasteiger partial charge in [0.05, 0.1) is 0 Å². The molecule has 0 saturated carbocycles. The number of hydrogen-bond donors (Lipinski definition) is 6. The molecule has 1 rings (SSSR count). The van der Waals surface area contributed by atoms with Gasteiger partial charge in [-0.3, -0.25) is 9.13 Å². The fourth-order valence-electron chi connectivity index (χ4n) is 2.06. The second-order valence-corrected chi connectivity index (χ2v) is 7.67. The van der Waals surface area contributed by atoms with E-state index in [0.717, 1.165) is 0 Å². The summed E-state index contributed by atoms with van der Waals surface area (Å²) in [5.74, 6) is -2.97. The molecule has 3 atom stereocenters. The zero-order chi connectivity index (χ0) is 13.3. The molecule has 0 aromatic rings. The Hall–Kier alpha value is 1.22. The number of aliphatic hydroxyl groups excluding tert-OH is 1. The molecular weight excluding hydrogens is 295 g/mol. The average molecular weight is 313 g/mol. The summed E-state index contributed by atoms with van der Waals surface area (Å²) in [6.07, 6.45) is 1.06. The van der Waals surface area contributed by atoms with Crippen molar-refractivity contribution in [3.63, 3.8) is 0 Å². The van der Waals surface area contributed by atoms with Crippen molar-refractivity contribution in [1.29, 1.82) is 0 Å². The van der Waals surface area contributed by atoms with Gasteiger partial charge in [-0.1, -0.05) is 0 Å². The molecule has 18 heavy (non-hydrogen) atoms. The molecule has 0 radical (unpaired) electrons. The Labute approximate surface area is 127 Å². The Morgan fingerprint density at radius 2 is 1.67 bits per heavy atom. The minimum atomic E-state index is -4.94. The molecule has 1 aliphatic heterocycles.